The summed E-state index contributed by atoms with van der Waals surface area (Å²) in [7, 11) is -1.78. The number of hydrogen-bond acceptors (Lipinski definition) is 4. The number of carbonyl (C=O) groups is 1. The number of nitrogens with zero attached hydrogens (tertiary/aromatic N) is 2. The molecular weight excluding hydrogens is 445 g/mol. The molecule has 6 nitrogen and oxygen atoms in total. The summed E-state index contributed by atoms with van der Waals surface area (Å²) in [6, 6.07) is 11.8. The first-order chi connectivity index (χ1) is 14.3. The van der Waals surface area contributed by atoms with Crippen molar-refractivity contribution in [2.75, 3.05) is 32.0 Å². The summed E-state index contributed by atoms with van der Waals surface area (Å²) in [4.78, 5) is 14.5. The summed E-state index contributed by atoms with van der Waals surface area (Å²) in [6.07, 6.45) is 2.75. The van der Waals surface area contributed by atoms with E-state index in [1.54, 1.807) is 12.1 Å². The third kappa shape index (κ3) is 5.95. The van der Waals surface area contributed by atoms with Crippen molar-refractivity contribution in [3.05, 3.63) is 58.1 Å². The molecule has 0 saturated carbocycles. The lowest BCUT2D eigenvalue weighted by Crippen LogP contribution is -2.35. The molecule has 0 aromatic heterocycles. The molecule has 2 aromatic carbocycles. The highest BCUT2D eigenvalue weighted by Crippen LogP contribution is 2.28. The zero-order chi connectivity index (χ0) is 21.7. The number of rotatable bonds is 7. The van der Waals surface area contributed by atoms with Crippen LogP contribution >= 0.6 is 23.2 Å². The summed E-state index contributed by atoms with van der Waals surface area (Å²) in [5.74, 6) is -0.277. The molecule has 1 aliphatic rings. The highest BCUT2D eigenvalue weighted by Gasteiger charge is 2.26. The van der Waals surface area contributed by atoms with E-state index in [2.05, 4.69) is 5.32 Å². The summed E-state index contributed by atoms with van der Waals surface area (Å²) in [6.45, 7) is 1.73. The van der Waals surface area contributed by atoms with Crippen LogP contribution in [0.2, 0.25) is 10.0 Å². The molecule has 0 unspecified atom stereocenters. The van der Waals surface area contributed by atoms with Gasteiger partial charge < -0.3 is 5.32 Å². The third-order valence-electron chi connectivity index (χ3n) is 4.94. The Kier molecular flexibility index (Phi) is 7.76. The maximum absolute atomic E-state index is 12.9. The summed E-state index contributed by atoms with van der Waals surface area (Å²) in [5, 5.41) is 3.69. The van der Waals surface area contributed by atoms with Crippen molar-refractivity contribution in [1.29, 1.82) is 0 Å². The molecule has 2 aromatic rings. The number of likely N-dealkylation sites (N-methyl/N-ethyl adjacent to an activating group) is 1. The number of benzene rings is 2. The molecule has 162 valence electrons. The topological polar surface area (TPSA) is 69.7 Å². The minimum Gasteiger partial charge on any atom is -0.324 e. The molecule has 0 bridgehead atoms. The molecule has 1 saturated heterocycles. The first-order valence-corrected chi connectivity index (χ1v) is 12.0. The van der Waals surface area contributed by atoms with E-state index in [9.17, 15) is 13.2 Å². The molecule has 0 spiro atoms. The predicted molar refractivity (Wildman–Crippen MR) is 120 cm³/mol. The number of carbonyl (C=O) groups excluding carboxylic acids is 1. The first kappa shape index (κ1) is 23.0. The van der Waals surface area contributed by atoms with E-state index in [-0.39, 0.29) is 17.3 Å². The number of amides is 1. The molecule has 1 N–H and O–H groups in total. The zero-order valence-electron chi connectivity index (χ0n) is 16.8. The highest BCUT2D eigenvalue weighted by molar-refractivity contribution is 7.89. The van der Waals surface area contributed by atoms with E-state index >= 15 is 0 Å². The smallest absolute Gasteiger partial charge is 0.243 e. The van der Waals surface area contributed by atoms with E-state index < -0.39 is 10.0 Å². The Hall–Kier alpha value is -1.64. The second kappa shape index (κ2) is 10.1. The third-order valence-corrected chi connectivity index (χ3v) is 7.42. The van der Waals surface area contributed by atoms with Crippen LogP contribution in [0.1, 0.15) is 24.8 Å². The molecule has 1 aliphatic heterocycles. The molecule has 9 heteroatoms. The van der Waals surface area contributed by atoms with Crippen LogP contribution in [0.25, 0.3) is 0 Å². The van der Waals surface area contributed by atoms with Crippen molar-refractivity contribution in [2.24, 2.45) is 0 Å². The van der Waals surface area contributed by atoms with Crippen LogP contribution in [0, 0.1) is 0 Å². The van der Waals surface area contributed by atoms with Crippen LogP contribution in [0.15, 0.2) is 47.4 Å². The monoisotopic (exact) mass is 469 g/mol. The van der Waals surface area contributed by atoms with Gasteiger partial charge in [0.25, 0.3) is 0 Å². The lowest BCUT2D eigenvalue weighted by atomic mass is 10.2. The van der Waals surface area contributed by atoms with E-state index in [0.29, 0.717) is 35.4 Å². The van der Waals surface area contributed by atoms with Crippen LogP contribution < -0.4 is 5.32 Å². The Morgan fingerprint density at radius 3 is 2.40 bits per heavy atom. The fourth-order valence-corrected chi connectivity index (χ4v) is 5.24. The van der Waals surface area contributed by atoms with Gasteiger partial charge >= 0.3 is 0 Å². The molecule has 1 heterocycles. The maximum Gasteiger partial charge on any atom is 0.243 e. The van der Waals surface area contributed by atoms with Gasteiger partial charge in [-0.2, -0.15) is 4.31 Å². The average molecular weight is 470 g/mol. The minimum atomic E-state index is -3.60. The van der Waals surface area contributed by atoms with Crippen molar-refractivity contribution < 1.29 is 13.2 Å². The standard InChI is InChI=1S/C21H25Cl2N3O3S/c1-25(14-16-5-7-17(22)8-6-16)15-21(27)24-20-13-18(9-10-19(20)23)30(28,29)26-11-3-2-4-12-26/h5-10,13H,2-4,11-12,14-15H2,1H3,(H,24,27). The quantitative estimate of drug-likeness (QED) is 0.658. The van der Waals surface area contributed by atoms with Gasteiger partial charge in [0.1, 0.15) is 0 Å². The molecule has 1 amide bonds. The van der Waals surface area contributed by atoms with Gasteiger partial charge in [-0.3, -0.25) is 9.69 Å². The summed E-state index contributed by atoms with van der Waals surface area (Å²) in [5.41, 5.74) is 1.32. The number of piperidine rings is 1. The van der Waals surface area contributed by atoms with Crippen LogP contribution in [-0.4, -0.2) is 50.2 Å². The lowest BCUT2D eigenvalue weighted by Gasteiger charge is -2.26. The summed E-state index contributed by atoms with van der Waals surface area (Å²) >= 11 is 12.1. The Bertz CT molecular complexity index is 991. The molecule has 0 atom stereocenters. The highest BCUT2D eigenvalue weighted by atomic mass is 35.5. The van der Waals surface area contributed by atoms with Gasteiger partial charge in [-0.05, 0) is 55.8 Å². The molecule has 30 heavy (non-hydrogen) atoms. The van der Waals surface area contributed by atoms with Crippen LogP contribution in [-0.2, 0) is 21.4 Å². The van der Waals surface area contributed by atoms with Crippen LogP contribution in [0.4, 0.5) is 5.69 Å². The fraction of sp³-hybridized carbons (Fsp3) is 0.381. The van der Waals surface area contributed by atoms with Gasteiger partial charge in [0.15, 0.2) is 0 Å². The van der Waals surface area contributed by atoms with Crippen molar-refractivity contribution in [3.8, 4) is 0 Å². The van der Waals surface area contributed by atoms with Gasteiger partial charge in [0.05, 0.1) is 22.2 Å². The van der Waals surface area contributed by atoms with Gasteiger partial charge in [-0.25, -0.2) is 8.42 Å². The van der Waals surface area contributed by atoms with E-state index in [1.165, 1.54) is 22.5 Å². The molecular formula is C21H25Cl2N3O3S. The summed E-state index contributed by atoms with van der Waals surface area (Å²) < 4.78 is 27.3. The number of anilines is 1. The van der Waals surface area contributed by atoms with Gasteiger partial charge in [0, 0.05) is 24.7 Å². The van der Waals surface area contributed by atoms with Crippen molar-refractivity contribution in [1.82, 2.24) is 9.21 Å². The minimum absolute atomic E-state index is 0.127. The molecule has 1 fully saturated rings. The second-order valence-electron chi connectivity index (χ2n) is 7.45. The normalized spacial score (nSPS) is 15.3. The fourth-order valence-electron chi connectivity index (χ4n) is 3.41. The van der Waals surface area contributed by atoms with Crippen LogP contribution in [0.5, 0.6) is 0 Å². The van der Waals surface area contributed by atoms with Crippen LogP contribution in [0.3, 0.4) is 0 Å². The largest absolute Gasteiger partial charge is 0.324 e. The molecule has 0 radical (unpaired) electrons. The predicted octanol–water partition coefficient (Wildman–Crippen LogP) is 4.24. The molecule has 0 aliphatic carbocycles. The van der Waals surface area contributed by atoms with Crippen molar-refractivity contribution >= 4 is 44.8 Å². The van der Waals surface area contributed by atoms with Gasteiger partial charge in [0.2, 0.25) is 15.9 Å². The average Bonchev–Trinajstić information content (AvgIpc) is 2.71. The maximum atomic E-state index is 12.9. The zero-order valence-corrected chi connectivity index (χ0v) is 19.1. The lowest BCUT2D eigenvalue weighted by molar-refractivity contribution is -0.117. The number of nitrogens with one attached hydrogen (secondary N) is 1. The van der Waals surface area contributed by atoms with E-state index in [4.69, 9.17) is 23.2 Å². The Labute approximate surface area is 187 Å². The number of halogens is 2. The van der Waals surface area contributed by atoms with E-state index in [1.807, 2.05) is 24.1 Å². The van der Waals surface area contributed by atoms with Gasteiger partial charge in [-0.1, -0.05) is 41.8 Å². The Balaban J connectivity index is 1.66. The van der Waals surface area contributed by atoms with Crippen molar-refractivity contribution in [2.45, 2.75) is 30.7 Å². The SMILES string of the molecule is CN(CC(=O)Nc1cc(S(=O)(=O)N2CCCCC2)ccc1Cl)Cc1ccc(Cl)cc1. The first-order valence-electron chi connectivity index (χ1n) is 9.78. The molecule has 3 rings (SSSR count). The Morgan fingerprint density at radius 1 is 1.07 bits per heavy atom. The number of sulfonamides is 1. The van der Waals surface area contributed by atoms with E-state index in [0.717, 1.165) is 24.8 Å². The second-order valence-corrected chi connectivity index (χ2v) is 10.2. The van der Waals surface area contributed by atoms with Gasteiger partial charge in [-0.15, -0.1) is 0 Å². The number of hydrogen-bond donors (Lipinski definition) is 1. The van der Waals surface area contributed by atoms with Crippen molar-refractivity contribution in [3.63, 3.8) is 0 Å². The Morgan fingerprint density at radius 2 is 1.73 bits per heavy atom.